The molecule has 25 heavy (non-hydrogen) atoms. The molecule has 0 heterocycles. The molecule has 0 saturated heterocycles. The number of carboxylic acids is 1. The Hall–Kier alpha value is -3.34. The van der Waals surface area contributed by atoms with Crippen LogP contribution in [0.3, 0.4) is 0 Å². The standard InChI is InChI=1S/C20H18N2O3/c23-19(24)13-18(15-8-2-1-3-9-15)22-20(25)21-17-12-6-10-14-7-4-5-11-16(14)17/h1-12,18H,13H2,(H,23,24)(H2,21,22,25). The highest BCUT2D eigenvalue weighted by Crippen LogP contribution is 2.23. The Morgan fingerprint density at radius 3 is 2.32 bits per heavy atom. The summed E-state index contributed by atoms with van der Waals surface area (Å²) in [6.07, 6.45) is -0.188. The van der Waals surface area contributed by atoms with Gasteiger partial charge in [-0.3, -0.25) is 4.79 Å². The number of carbonyl (C=O) groups is 2. The molecule has 0 aliphatic rings. The number of amides is 2. The van der Waals surface area contributed by atoms with Crippen LogP contribution in [0.1, 0.15) is 18.0 Å². The number of aliphatic carboxylic acids is 1. The summed E-state index contributed by atoms with van der Waals surface area (Å²) in [7, 11) is 0. The number of rotatable bonds is 5. The minimum Gasteiger partial charge on any atom is -0.481 e. The van der Waals surface area contributed by atoms with Crippen LogP contribution in [0.2, 0.25) is 0 Å². The third-order valence-electron chi connectivity index (χ3n) is 3.92. The summed E-state index contributed by atoms with van der Waals surface area (Å²) in [4.78, 5) is 23.5. The number of carbonyl (C=O) groups excluding carboxylic acids is 1. The molecule has 0 fully saturated rings. The summed E-state index contributed by atoms with van der Waals surface area (Å²) >= 11 is 0. The van der Waals surface area contributed by atoms with Crippen molar-refractivity contribution in [3.63, 3.8) is 0 Å². The van der Waals surface area contributed by atoms with Gasteiger partial charge in [0, 0.05) is 5.39 Å². The monoisotopic (exact) mass is 334 g/mol. The lowest BCUT2D eigenvalue weighted by Gasteiger charge is -2.18. The molecule has 3 N–H and O–H groups in total. The van der Waals surface area contributed by atoms with Gasteiger partial charge in [0.05, 0.1) is 18.2 Å². The first-order valence-electron chi connectivity index (χ1n) is 7.95. The summed E-state index contributed by atoms with van der Waals surface area (Å²) in [5, 5.41) is 16.6. The molecule has 126 valence electrons. The van der Waals surface area contributed by atoms with Crippen LogP contribution in [0.15, 0.2) is 72.8 Å². The molecule has 0 saturated carbocycles. The Kier molecular flexibility index (Phi) is 4.95. The molecule has 0 aliphatic heterocycles. The van der Waals surface area contributed by atoms with Crippen molar-refractivity contribution in [2.45, 2.75) is 12.5 Å². The van der Waals surface area contributed by atoms with Crippen molar-refractivity contribution in [2.75, 3.05) is 5.32 Å². The topological polar surface area (TPSA) is 78.4 Å². The number of benzene rings is 3. The molecular weight excluding hydrogens is 316 g/mol. The van der Waals surface area contributed by atoms with Gasteiger partial charge in [-0.25, -0.2) is 4.79 Å². The fourth-order valence-corrected chi connectivity index (χ4v) is 2.76. The first-order valence-corrected chi connectivity index (χ1v) is 7.95. The van der Waals surface area contributed by atoms with Crippen molar-refractivity contribution in [2.24, 2.45) is 0 Å². The van der Waals surface area contributed by atoms with Gasteiger partial charge in [-0.1, -0.05) is 66.7 Å². The maximum absolute atomic E-state index is 12.4. The van der Waals surface area contributed by atoms with Crippen LogP contribution in [-0.2, 0) is 4.79 Å². The van der Waals surface area contributed by atoms with E-state index >= 15 is 0 Å². The van der Waals surface area contributed by atoms with Crippen LogP contribution in [0.25, 0.3) is 10.8 Å². The van der Waals surface area contributed by atoms with Gasteiger partial charge in [0.15, 0.2) is 0 Å². The van der Waals surface area contributed by atoms with E-state index in [1.807, 2.05) is 60.7 Å². The van der Waals surface area contributed by atoms with Crippen LogP contribution >= 0.6 is 0 Å². The van der Waals surface area contributed by atoms with Crippen molar-refractivity contribution in [3.05, 3.63) is 78.4 Å². The molecule has 3 aromatic rings. The molecule has 0 radical (unpaired) electrons. The summed E-state index contributed by atoms with van der Waals surface area (Å²) in [5.74, 6) is -0.973. The van der Waals surface area contributed by atoms with Gasteiger partial charge < -0.3 is 15.7 Å². The lowest BCUT2D eigenvalue weighted by Crippen LogP contribution is -2.33. The number of fused-ring (bicyclic) bond motifs is 1. The summed E-state index contributed by atoms with van der Waals surface area (Å²) in [6, 6.07) is 21.4. The smallest absolute Gasteiger partial charge is 0.319 e. The predicted octanol–water partition coefficient (Wildman–Crippen LogP) is 4.18. The number of anilines is 1. The van der Waals surface area contributed by atoms with Gasteiger partial charge in [-0.15, -0.1) is 0 Å². The van der Waals surface area contributed by atoms with E-state index in [0.717, 1.165) is 16.3 Å². The fourth-order valence-electron chi connectivity index (χ4n) is 2.76. The van der Waals surface area contributed by atoms with E-state index in [-0.39, 0.29) is 6.42 Å². The molecule has 0 aromatic heterocycles. The second kappa shape index (κ2) is 7.49. The fraction of sp³-hybridized carbons (Fsp3) is 0.100. The van der Waals surface area contributed by atoms with Crippen LogP contribution in [0.5, 0.6) is 0 Å². The largest absolute Gasteiger partial charge is 0.481 e. The molecule has 1 atom stereocenters. The average Bonchev–Trinajstić information content (AvgIpc) is 2.62. The minimum atomic E-state index is -0.973. The van der Waals surface area contributed by atoms with Crippen molar-refractivity contribution in [3.8, 4) is 0 Å². The van der Waals surface area contributed by atoms with E-state index < -0.39 is 18.0 Å². The molecule has 0 bridgehead atoms. The van der Waals surface area contributed by atoms with Crippen LogP contribution < -0.4 is 10.6 Å². The normalized spacial score (nSPS) is 11.7. The first kappa shape index (κ1) is 16.5. The molecule has 3 rings (SSSR count). The lowest BCUT2D eigenvalue weighted by atomic mass is 10.0. The third-order valence-corrected chi connectivity index (χ3v) is 3.92. The summed E-state index contributed by atoms with van der Waals surface area (Å²) in [5.41, 5.74) is 1.43. The van der Waals surface area contributed by atoms with Crippen molar-refractivity contribution >= 4 is 28.5 Å². The predicted molar refractivity (Wildman–Crippen MR) is 97.5 cm³/mol. The summed E-state index contributed by atoms with van der Waals surface area (Å²) in [6.45, 7) is 0. The second-order valence-corrected chi connectivity index (χ2v) is 5.69. The van der Waals surface area contributed by atoms with E-state index in [1.165, 1.54) is 0 Å². The number of hydrogen-bond donors (Lipinski definition) is 3. The van der Waals surface area contributed by atoms with Crippen LogP contribution in [0, 0.1) is 0 Å². The molecule has 3 aromatic carbocycles. The van der Waals surface area contributed by atoms with Gasteiger partial charge in [0.1, 0.15) is 0 Å². The van der Waals surface area contributed by atoms with Gasteiger partial charge in [-0.2, -0.15) is 0 Å². The Morgan fingerprint density at radius 2 is 1.56 bits per heavy atom. The quantitative estimate of drug-likeness (QED) is 0.655. The number of urea groups is 1. The van der Waals surface area contributed by atoms with Gasteiger partial charge >= 0.3 is 12.0 Å². The summed E-state index contributed by atoms with van der Waals surface area (Å²) < 4.78 is 0. The highest BCUT2D eigenvalue weighted by molar-refractivity contribution is 6.01. The Labute approximate surface area is 145 Å². The molecular formula is C20H18N2O3. The zero-order valence-electron chi connectivity index (χ0n) is 13.5. The van der Waals surface area contributed by atoms with E-state index in [0.29, 0.717) is 5.69 Å². The minimum absolute atomic E-state index is 0.188. The van der Waals surface area contributed by atoms with Gasteiger partial charge in [0.25, 0.3) is 0 Å². The molecule has 1 unspecified atom stereocenters. The maximum atomic E-state index is 12.4. The van der Waals surface area contributed by atoms with Gasteiger partial charge in [0.2, 0.25) is 0 Å². The Bertz CT molecular complexity index is 888. The van der Waals surface area contributed by atoms with Crippen molar-refractivity contribution < 1.29 is 14.7 Å². The maximum Gasteiger partial charge on any atom is 0.319 e. The molecule has 0 spiro atoms. The van der Waals surface area contributed by atoms with E-state index in [1.54, 1.807) is 12.1 Å². The third kappa shape index (κ3) is 4.14. The first-order chi connectivity index (χ1) is 12.1. The van der Waals surface area contributed by atoms with Crippen LogP contribution in [0.4, 0.5) is 10.5 Å². The average molecular weight is 334 g/mol. The highest BCUT2D eigenvalue weighted by atomic mass is 16.4. The zero-order chi connectivity index (χ0) is 17.6. The highest BCUT2D eigenvalue weighted by Gasteiger charge is 2.18. The Morgan fingerprint density at radius 1 is 0.880 bits per heavy atom. The second-order valence-electron chi connectivity index (χ2n) is 5.69. The number of hydrogen-bond acceptors (Lipinski definition) is 2. The lowest BCUT2D eigenvalue weighted by molar-refractivity contribution is -0.137. The zero-order valence-corrected chi connectivity index (χ0v) is 13.5. The van der Waals surface area contributed by atoms with E-state index in [9.17, 15) is 9.59 Å². The number of nitrogens with one attached hydrogen (secondary N) is 2. The molecule has 2 amide bonds. The molecule has 5 nitrogen and oxygen atoms in total. The molecule has 0 aliphatic carbocycles. The SMILES string of the molecule is O=C(O)CC(NC(=O)Nc1cccc2ccccc12)c1ccccc1. The Balaban J connectivity index is 1.78. The van der Waals surface area contributed by atoms with E-state index in [4.69, 9.17) is 5.11 Å². The van der Waals surface area contributed by atoms with Crippen molar-refractivity contribution in [1.29, 1.82) is 0 Å². The van der Waals surface area contributed by atoms with Crippen molar-refractivity contribution in [1.82, 2.24) is 5.32 Å². The van der Waals surface area contributed by atoms with Gasteiger partial charge in [-0.05, 0) is 17.0 Å². The molecule has 5 heteroatoms. The number of carboxylic acid groups (broad SMARTS) is 1. The van der Waals surface area contributed by atoms with E-state index in [2.05, 4.69) is 10.6 Å². The van der Waals surface area contributed by atoms with Crippen LogP contribution in [-0.4, -0.2) is 17.1 Å².